The summed E-state index contributed by atoms with van der Waals surface area (Å²) in [5.41, 5.74) is 1.01. The first-order valence-corrected chi connectivity index (χ1v) is 8.72. The van der Waals surface area contributed by atoms with Crippen LogP contribution >= 0.6 is 0 Å². The van der Waals surface area contributed by atoms with E-state index in [2.05, 4.69) is 5.32 Å². The highest BCUT2D eigenvalue weighted by Gasteiger charge is 2.12. The molecule has 0 unspecified atom stereocenters. The quantitative estimate of drug-likeness (QED) is 0.845. The van der Waals surface area contributed by atoms with Gasteiger partial charge in [0.15, 0.2) is 11.6 Å². The number of benzene rings is 2. The van der Waals surface area contributed by atoms with Crippen LogP contribution in [0.15, 0.2) is 47.4 Å². The third-order valence-electron chi connectivity index (χ3n) is 3.42. The van der Waals surface area contributed by atoms with E-state index in [0.29, 0.717) is 11.3 Å². The maximum atomic E-state index is 13.7. The Morgan fingerprint density at radius 3 is 2.40 bits per heavy atom. The number of carbonyl (C=O) groups is 1. The van der Waals surface area contributed by atoms with Gasteiger partial charge in [-0.3, -0.25) is 0 Å². The molecule has 0 aromatic heterocycles. The van der Waals surface area contributed by atoms with E-state index in [9.17, 15) is 17.6 Å². The van der Waals surface area contributed by atoms with Crippen molar-refractivity contribution in [3.8, 4) is 5.75 Å². The van der Waals surface area contributed by atoms with E-state index in [1.165, 1.54) is 48.4 Å². The van der Waals surface area contributed by atoms with Crippen molar-refractivity contribution in [3.63, 3.8) is 0 Å². The first-order chi connectivity index (χ1) is 11.7. The largest absolute Gasteiger partial charge is 0.494 e. The molecule has 134 valence electrons. The van der Waals surface area contributed by atoms with Gasteiger partial charge in [0.2, 0.25) is 10.0 Å². The minimum Gasteiger partial charge on any atom is -0.494 e. The third kappa shape index (κ3) is 4.91. The van der Waals surface area contributed by atoms with Gasteiger partial charge in [-0.25, -0.2) is 22.7 Å². The Bertz CT molecular complexity index is 869. The van der Waals surface area contributed by atoms with Crippen molar-refractivity contribution >= 4 is 21.7 Å². The van der Waals surface area contributed by atoms with Gasteiger partial charge in [-0.1, -0.05) is 6.07 Å². The zero-order chi connectivity index (χ0) is 18.6. The normalized spacial score (nSPS) is 11.0. The molecule has 25 heavy (non-hydrogen) atoms. The number of sulfonamides is 1. The number of nitrogens with two attached hydrogens (primary N) is 1. The number of nitrogens with one attached hydrogen (secondary N) is 1. The highest BCUT2D eigenvalue weighted by atomic mass is 32.2. The maximum Gasteiger partial charge on any atom is 0.321 e. The number of ether oxygens (including phenoxy) is 1. The Kier molecular flexibility index (Phi) is 5.60. The molecule has 2 aromatic rings. The van der Waals surface area contributed by atoms with E-state index in [-0.39, 0.29) is 17.2 Å². The van der Waals surface area contributed by atoms with Gasteiger partial charge in [0.25, 0.3) is 0 Å². The highest BCUT2D eigenvalue weighted by molar-refractivity contribution is 7.89. The number of halogens is 1. The Morgan fingerprint density at radius 1 is 1.24 bits per heavy atom. The van der Waals surface area contributed by atoms with Crippen molar-refractivity contribution < 1.29 is 22.3 Å². The van der Waals surface area contributed by atoms with E-state index < -0.39 is 21.9 Å². The summed E-state index contributed by atoms with van der Waals surface area (Å²) < 4.78 is 40.9. The topological polar surface area (TPSA) is 102 Å². The predicted octanol–water partition coefficient (Wildman–Crippen LogP) is 2.15. The van der Waals surface area contributed by atoms with Crippen LogP contribution in [0.3, 0.4) is 0 Å². The summed E-state index contributed by atoms with van der Waals surface area (Å²) >= 11 is 0. The molecule has 0 heterocycles. The molecule has 0 radical (unpaired) electrons. The first-order valence-electron chi connectivity index (χ1n) is 7.18. The van der Waals surface area contributed by atoms with Crippen molar-refractivity contribution in [2.45, 2.75) is 11.4 Å². The Balaban J connectivity index is 2.01. The van der Waals surface area contributed by atoms with E-state index in [4.69, 9.17) is 9.88 Å². The number of hydrogen-bond donors (Lipinski definition) is 2. The van der Waals surface area contributed by atoms with Crippen LogP contribution in [0.1, 0.15) is 5.56 Å². The molecule has 0 aliphatic carbocycles. The van der Waals surface area contributed by atoms with Crippen molar-refractivity contribution in [2.75, 3.05) is 19.5 Å². The summed E-state index contributed by atoms with van der Waals surface area (Å²) in [6, 6.07) is 9.46. The lowest BCUT2D eigenvalue weighted by Crippen LogP contribution is -2.30. The first kappa shape index (κ1) is 18.7. The SMILES string of the molecule is COc1ccc(CN(C)C(=O)Nc2ccc(S(N)(=O)=O)cc2)cc1F. The third-order valence-corrected chi connectivity index (χ3v) is 4.35. The predicted molar refractivity (Wildman–Crippen MR) is 91.3 cm³/mol. The Labute approximate surface area is 145 Å². The maximum absolute atomic E-state index is 13.7. The van der Waals surface area contributed by atoms with E-state index in [1.54, 1.807) is 13.1 Å². The molecule has 7 nitrogen and oxygen atoms in total. The van der Waals surface area contributed by atoms with E-state index >= 15 is 0 Å². The van der Waals surface area contributed by atoms with Crippen LogP contribution < -0.4 is 15.2 Å². The standard InChI is InChI=1S/C16H18FN3O4S/c1-20(10-11-3-8-15(24-2)14(17)9-11)16(21)19-12-4-6-13(7-5-12)25(18,22)23/h3-9H,10H2,1-2H3,(H,19,21)(H2,18,22,23). The minimum absolute atomic E-state index is 0.0486. The van der Waals surface area contributed by atoms with Crippen LogP contribution in [0, 0.1) is 5.82 Å². The summed E-state index contributed by atoms with van der Waals surface area (Å²) in [4.78, 5) is 13.5. The fourth-order valence-corrected chi connectivity index (χ4v) is 2.62. The number of hydrogen-bond acceptors (Lipinski definition) is 4. The molecule has 9 heteroatoms. The number of amides is 2. The van der Waals surface area contributed by atoms with Crippen LogP contribution in [0.2, 0.25) is 0 Å². The number of urea groups is 1. The van der Waals surface area contributed by atoms with Crippen LogP contribution in [-0.4, -0.2) is 33.5 Å². The van der Waals surface area contributed by atoms with Crippen LogP contribution in [-0.2, 0) is 16.6 Å². The van der Waals surface area contributed by atoms with E-state index in [1.807, 2.05) is 0 Å². The second-order valence-corrected chi connectivity index (χ2v) is 6.89. The van der Waals surface area contributed by atoms with Crippen molar-refractivity contribution in [1.82, 2.24) is 4.90 Å². The fourth-order valence-electron chi connectivity index (χ4n) is 2.10. The average molecular weight is 367 g/mol. The number of nitrogens with zero attached hydrogens (tertiary/aromatic N) is 1. The van der Waals surface area contributed by atoms with E-state index in [0.717, 1.165) is 0 Å². The summed E-state index contributed by atoms with van der Waals surface area (Å²) in [6.45, 7) is 0.183. The monoisotopic (exact) mass is 367 g/mol. The zero-order valence-electron chi connectivity index (χ0n) is 13.7. The molecule has 0 spiro atoms. The Hall–Kier alpha value is -2.65. The highest BCUT2D eigenvalue weighted by Crippen LogP contribution is 2.19. The summed E-state index contributed by atoms with van der Waals surface area (Å²) in [7, 11) is -0.858. The van der Waals surface area contributed by atoms with Gasteiger partial charge in [-0.05, 0) is 42.0 Å². The van der Waals surface area contributed by atoms with Crippen molar-refractivity contribution in [3.05, 3.63) is 53.8 Å². The van der Waals surface area contributed by atoms with Crippen LogP contribution in [0.4, 0.5) is 14.9 Å². The lowest BCUT2D eigenvalue weighted by atomic mass is 10.2. The molecule has 0 aliphatic heterocycles. The molecule has 2 amide bonds. The molecule has 0 atom stereocenters. The summed E-state index contributed by atoms with van der Waals surface area (Å²) in [5, 5.41) is 7.62. The number of methoxy groups -OCH3 is 1. The summed E-state index contributed by atoms with van der Waals surface area (Å²) in [6.07, 6.45) is 0. The van der Waals surface area contributed by atoms with Crippen molar-refractivity contribution in [2.24, 2.45) is 5.14 Å². The average Bonchev–Trinajstić information content (AvgIpc) is 2.54. The molecule has 0 bridgehead atoms. The van der Waals surface area contributed by atoms with Gasteiger partial charge < -0.3 is 15.0 Å². The van der Waals surface area contributed by atoms with Crippen molar-refractivity contribution in [1.29, 1.82) is 0 Å². The molecule has 0 saturated carbocycles. The second kappa shape index (κ2) is 7.49. The van der Waals surface area contributed by atoms with Gasteiger partial charge in [0.05, 0.1) is 12.0 Å². The Morgan fingerprint density at radius 2 is 1.88 bits per heavy atom. The number of rotatable bonds is 5. The summed E-state index contributed by atoms with van der Waals surface area (Å²) in [5.74, 6) is -0.377. The molecule has 2 rings (SSSR count). The minimum atomic E-state index is -3.78. The van der Waals surface area contributed by atoms with Gasteiger partial charge in [-0.15, -0.1) is 0 Å². The molecular weight excluding hydrogens is 349 g/mol. The number of primary sulfonamides is 1. The fraction of sp³-hybridized carbons (Fsp3) is 0.188. The van der Waals surface area contributed by atoms with Crippen LogP contribution in [0.5, 0.6) is 5.75 Å². The molecule has 2 aromatic carbocycles. The molecule has 0 fully saturated rings. The molecule has 3 N–H and O–H groups in total. The smallest absolute Gasteiger partial charge is 0.321 e. The molecular formula is C16H18FN3O4S. The number of carbonyl (C=O) groups excluding carboxylic acids is 1. The van der Waals surface area contributed by atoms with Gasteiger partial charge in [0.1, 0.15) is 0 Å². The lowest BCUT2D eigenvalue weighted by Gasteiger charge is -2.18. The van der Waals surface area contributed by atoms with Crippen LogP contribution in [0.25, 0.3) is 0 Å². The second-order valence-electron chi connectivity index (χ2n) is 5.32. The number of anilines is 1. The molecule has 0 saturated heterocycles. The van der Waals surface area contributed by atoms with Gasteiger partial charge >= 0.3 is 6.03 Å². The van der Waals surface area contributed by atoms with Gasteiger partial charge in [-0.2, -0.15) is 0 Å². The van der Waals surface area contributed by atoms with Gasteiger partial charge in [0, 0.05) is 19.3 Å². The lowest BCUT2D eigenvalue weighted by molar-refractivity contribution is 0.220. The zero-order valence-corrected chi connectivity index (χ0v) is 14.5. The molecule has 0 aliphatic rings.